The second-order valence-corrected chi connectivity index (χ2v) is 8.67. The molecular formula is C13H15ClN2O2S2. The van der Waals surface area contributed by atoms with E-state index in [2.05, 4.69) is 0 Å². The molecule has 0 unspecified atom stereocenters. The minimum Gasteiger partial charge on any atom is -0.328 e. The molecule has 1 saturated heterocycles. The average Bonchev–Trinajstić information content (AvgIpc) is 2.83. The molecule has 1 aliphatic rings. The zero-order valence-corrected chi connectivity index (χ0v) is 13.1. The first-order valence-corrected chi connectivity index (χ1v) is 9.05. The molecule has 0 aliphatic carbocycles. The van der Waals surface area contributed by atoms with Crippen molar-refractivity contribution in [2.45, 2.75) is 23.1 Å². The summed E-state index contributed by atoms with van der Waals surface area (Å²) in [4.78, 5) is 0. The van der Waals surface area contributed by atoms with Gasteiger partial charge in [-0.25, -0.2) is 8.42 Å². The number of hydrogen-bond acceptors (Lipinski definition) is 4. The van der Waals surface area contributed by atoms with Crippen molar-refractivity contribution in [1.82, 2.24) is 4.31 Å². The van der Waals surface area contributed by atoms with E-state index in [-0.39, 0.29) is 6.04 Å². The Kier molecular flexibility index (Phi) is 3.77. The summed E-state index contributed by atoms with van der Waals surface area (Å²) in [6.07, 6.45) is 1.44. The maximum atomic E-state index is 12.6. The molecule has 20 heavy (non-hydrogen) atoms. The molecule has 1 fully saturated rings. The lowest BCUT2D eigenvalue weighted by atomic mass is 10.1. The van der Waals surface area contributed by atoms with Crippen molar-refractivity contribution < 1.29 is 8.42 Å². The Labute approximate surface area is 127 Å². The minimum atomic E-state index is -3.41. The second-order valence-electron chi connectivity index (χ2n) is 4.99. The molecule has 0 bridgehead atoms. The predicted octanol–water partition coefficient (Wildman–Crippen LogP) is 2.67. The topological polar surface area (TPSA) is 63.4 Å². The summed E-state index contributed by atoms with van der Waals surface area (Å²) in [6, 6.07) is 7.24. The van der Waals surface area contributed by atoms with Crippen LogP contribution in [0.25, 0.3) is 10.1 Å². The highest BCUT2D eigenvalue weighted by Gasteiger charge is 2.29. The predicted molar refractivity (Wildman–Crippen MR) is 82.8 cm³/mol. The first-order chi connectivity index (χ1) is 9.46. The van der Waals surface area contributed by atoms with Crippen LogP contribution >= 0.6 is 22.9 Å². The van der Waals surface area contributed by atoms with Gasteiger partial charge in [0.25, 0.3) is 10.0 Å². The Balaban J connectivity index is 1.96. The molecule has 7 heteroatoms. The van der Waals surface area contributed by atoms with Gasteiger partial charge in [-0.2, -0.15) is 4.31 Å². The molecule has 0 saturated carbocycles. The number of nitrogens with zero attached hydrogens (tertiary/aromatic N) is 1. The third-order valence-corrected chi connectivity index (χ3v) is 7.25. The average molecular weight is 331 g/mol. The molecule has 1 aromatic heterocycles. The summed E-state index contributed by atoms with van der Waals surface area (Å²) in [6.45, 7) is 0.997. The molecule has 108 valence electrons. The molecule has 0 amide bonds. The molecule has 2 N–H and O–H groups in total. The zero-order chi connectivity index (χ0) is 14.3. The smallest absolute Gasteiger partial charge is 0.252 e. The molecule has 0 atom stereocenters. The molecular weight excluding hydrogens is 316 g/mol. The summed E-state index contributed by atoms with van der Waals surface area (Å²) in [5.41, 5.74) is 5.82. The van der Waals surface area contributed by atoms with Crippen molar-refractivity contribution in [2.24, 2.45) is 5.73 Å². The monoisotopic (exact) mass is 330 g/mol. The van der Waals surface area contributed by atoms with Gasteiger partial charge in [0.1, 0.15) is 4.21 Å². The van der Waals surface area contributed by atoms with Gasteiger partial charge in [0, 0.05) is 28.9 Å². The Morgan fingerprint density at radius 2 is 1.95 bits per heavy atom. The first-order valence-electron chi connectivity index (χ1n) is 6.41. The van der Waals surface area contributed by atoms with Crippen molar-refractivity contribution in [3.63, 3.8) is 0 Å². The lowest BCUT2D eigenvalue weighted by Gasteiger charge is -2.28. The van der Waals surface area contributed by atoms with Gasteiger partial charge in [0.2, 0.25) is 0 Å². The Hall–Kier alpha value is -0.660. The number of halogens is 1. The van der Waals surface area contributed by atoms with Gasteiger partial charge in [0.05, 0.1) is 0 Å². The van der Waals surface area contributed by atoms with Gasteiger partial charge in [-0.15, -0.1) is 11.3 Å². The summed E-state index contributed by atoms with van der Waals surface area (Å²) in [5.74, 6) is 0. The van der Waals surface area contributed by atoms with Crippen molar-refractivity contribution >= 4 is 43.0 Å². The van der Waals surface area contributed by atoms with Crippen LogP contribution in [-0.2, 0) is 10.0 Å². The molecule has 0 spiro atoms. The highest BCUT2D eigenvalue weighted by Crippen LogP contribution is 2.33. The summed E-state index contributed by atoms with van der Waals surface area (Å²) >= 11 is 7.23. The number of hydrogen-bond donors (Lipinski definition) is 1. The fraction of sp³-hybridized carbons (Fsp3) is 0.385. The van der Waals surface area contributed by atoms with Gasteiger partial charge >= 0.3 is 0 Å². The standard InChI is InChI=1S/C13H15ClN2O2S2/c14-10-1-2-12-9(7-10)8-13(19-12)20(17,18)16-5-3-11(15)4-6-16/h1-2,7-8,11H,3-6,15H2. The second kappa shape index (κ2) is 5.27. The quantitative estimate of drug-likeness (QED) is 0.920. The van der Waals surface area contributed by atoms with E-state index in [9.17, 15) is 8.42 Å². The van der Waals surface area contributed by atoms with E-state index in [0.717, 1.165) is 22.9 Å². The molecule has 3 rings (SSSR count). The van der Waals surface area contributed by atoms with E-state index in [1.54, 1.807) is 18.2 Å². The Morgan fingerprint density at radius 1 is 1.25 bits per heavy atom. The number of benzene rings is 1. The molecule has 2 aromatic rings. The van der Waals surface area contributed by atoms with E-state index in [0.29, 0.717) is 22.3 Å². The van der Waals surface area contributed by atoms with E-state index in [1.165, 1.54) is 15.6 Å². The highest BCUT2D eigenvalue weighted by atomic mass is 35.5. The van der Waals surface area contributed by atoms with Crippen LogP contribution in [0.2, 0.25) is 5.02 Å². The third kappa shape index (κ3) is 2.58. The van der Waals surface area contributed by atoms with E-state index < -0.39 is 10.0 Å². The van der Waals surface area contributed by atoms with Crippen LogP contribution in [-0.4, -0.2) is 31.9 Å². The van der Waals surface area contributed by atoms with Gasteiger partial charge in [-0.05, 0) is 42.5 Å². The van der Waals surface area contributed by atoms with Gasteiger partial charge in [0.15, 0.2) is 0 Å². The summed E-state index contributed by atoms with van der Waals surface area (Å²) in [5, 5.41) is 1.48. The molecule has 4 nitrogen and oxygen atoms in total. The molecule has 1 aliphatic heterocycles. The van der Waals surface area contributed by atoms with Crippen molar-refractivity contribution in [2.75, 3.05) is 13.1 Å². The molecule has 1 aromatic carbocycles. The Morgan fingerprint density at radius 3 is 2.65 bits per heavy atom. The van der Waals surface area contributed by atoms with Crippen LogP contribution in [0, 0.1) is 0 Å². The van der Waals surface area contributed by atoms with E-state index >= 15 is 0 Å². The normalized spacial score (nSPS) is 18.7. The van der Waals surface area contributed by atoms with Gasteiger partial charge in [-0.1, -0.05) is 11.6 Å². The lowest BCUT2D eigenvalue weighted by Crippen LogP contribution is -2.42. The zero-order valence-electron chi connectivity index (χ0n) is 10.8. The minimum absolute atomic E-state index is 0.114. The number of piperidine rings is 1. The van der Waals surface area contributed by atoms with E-state index in [1.807, 2.05) is 6.07 Å². The van der Waals surface area contributed by atoms with Crippen LogP contribution < -0.4 is 5.73 Å². The van der Waals surface area contributed by atoms with Crippen molar-refractivity contribution in [3.05, 3.63) is 29.3 Å². The third-order valence-electron chi connectivity index (χ3n) is 3.55. The van der Waals surface area contributed by atoms with Crippen LogP contribution in [0.1, 0.15) is 12.8 Å². The first kappa shape index (κ1) is 14.3. The lowest BCUT2D eigenvalue weighted by molar-refractivity contribution is 0.320. The fourth-order valence-corrected chi connectivity index (χ4v) is 5.54. The van der Waals surface area contributed by atoms with Gasteiger partial charge < -0.3 is 5.73 Å². The van der Waals surface area contributed by atoms with Crippen molar-refractivity contribution in [1.29, 1.82) is 0 Å². The van der Waals surface area contributed by atoms with Crippen LogP contribution in [0.3, 0.4) is 0 Å². The number of nitrogens with two attached hydrogens (primary N) is 1. The number of thiophene rings is 1. The maximum Gasteiger partial charge on any atom is 0.252 e. The Bertz CT molecular complexity index is 734. The van der Waals surface area contributed by atoms with Crippen LogP contribution in [0.15, 0.2) is 28.5 Å². The van der Waals surface area contributed by atoms with E-state index in [4.69, 9.17) is 17.3 Å². The highest BCUT2D eigenvalue weighted by molar-refractivity contribution is 7.91. The summed E-state index contributed by atoms with van der Waals surface area (Å²) < 4.78 is 28.1. The molecule has 0 radical (unpaired) electrons. The molecule has 2 heterocycles. The largest absolute Gasteiger partial charge is 0.328 e. The fourth-order valence-electron chi connectivity index (χ4n) is 2.36. The summed E-state index contributed by atoms with van der Waals surface area (Å²) in [7, 11) is -3.41. The maximum absolute atomic E-state index is 12.6. The van der Waals surface area contributed by atoms with Crippen molar-refractivity contribution in [3.8, 4) is 0 Å². The van der Waals surface area contributed by atoms with Crippen LogP contribution in [0.5, 0.6) is 0 Å². The number of sulfonamides is 1. The number of fused-ring (bicyclic) bond motifs is 1. The number of rotatable bonds is 2. The van der Waals surface area contributed by atoms with Gasteiger partial charge in [-0.3, -0.25) is 0 Å². The van der Waals surface area contributed by atoms with Crippen LogP contribution in [0.4, 0.5) is 0 Å². The SMILES string of the molecule is NC1CCN(S(=O)(=O)c2cc3cc(Cl)ccc3s2)CC1.